The van der Waals surface area contributed by atoms with E-state index in [0.29, 0.717) is 5.82 Å². The van der Waals surface area contributed by atoms with Gasteiger partial charge in [0.15, 0.2) is 0 Å². The lowest BCUT2D eigenvalue weighted by molar-refractivity contribution is 0.756. The molecule has 0 aliphatic heterocycles. The molecule has 0 aromatic carbocycles. The largest absolute Gasteiger partial charge is 0.383 e. The van der Waals surface area contributed by atoms with Crippen LogP contribution in [0.2, 0.25) is 0 Å². The zero-order valence-corrected chi connectivity index (χ0v) is 10.7. The minimum Gasteiger partial charge on any atom is -0.383 e. The number of nitrogens with zero attached hydrogens (tertiary/aromatic N) is 4. The lowest BCUT2D eigenvalue weighted by Gasteiger charge is -1.98. The Morgan fingerprint density at radius 1 is 1.17 bits per heavy atom. The van der Waals surface area contributed by atoms with Crippen molar-refractivity contribution in [3.8, 4) is 11.3 Å². The Kier molecular flexibility index (Phi) is 2.16. The van der Waals surface area contributed by atoms with Crippen LogP contribution in [0.1, 0.15) is 11.3 Å². The molecule has 18 heavy (non-hydrogen) atoms. The topological polar surface area (TPSA) is 61.1 Å². The smallest absolute Gasteiger partial charge is 0.139 e. The van der Waals surface area contributed by atoms with Gasteiger partial charge in [-0.1, -0.05) is 6.07 Å². The molecule has 0 unspecified atom stereocenters. The first-order valence-corrected chi connectivity index (χ1v) is 5.81. The number of hydrogen-bond donors (Lipinski definition) is 1. The van der Waals surface area contributed by atoms with Gasteiger partial charge in [-0.15, -0.1) is 0 Å². The average molecular weight is 241 g/mol. The van der Waals surface area contributed by atoms with E-state index in [1.807, 2.05) is 49.8 Å². The van der Waals surface area contributed by atoms with Crippen molar-refractivity contribution in [3.63, 3.8) is 0 Å². The summed E-state index contributed by atoms with van der Waals surface area (Å²) in [6, 6.07) is 4.00. The summed E-state index contributed by atoms with van der Waals surface area (Å²) < 4.78 is 3.69. The van der Waals surface area contributed by atoms with Gasteiger partial charge in [-0.25, -0.2) is 4.98 Å². The summed E-state index contributed by atoms with van der Waals surface area (Å²) in [4.78, 5) is 4.58. The molecule has 0 saturated heterocycles. The number of imidazole rings is 1. The first-order chi connectivity index (χ1) is 8.56. The van der Waals surface area contributed by atoms with Gasteiger partial charge in [-0.05, 0) is 25.5 Å². The highest BCUT2D eigenvalue weighted by Crippen LogP contribution is 2.28. The predicted octanol–water partition coefficient (Wildman–Crippen LogP) is 1.93. The molecule has 5 nitrogen and oxygen atoms in total. The summed E-state index contributed by atoms with van der Waals surface area (Å²) in [6.45, 7) is 4.00. The Hall–Kier alpha value is -2.30. The van der Waals surface area contributed by atoms with Crippen LogP contribution >= 0.6 is 0 Å². The molecule has 2 N–H and O–H groups in total. The van der Waals surface area contributed by atoms with Gasteiger partial charge >= 0.3 is 0 Å². The zero-order chi connectivity index (χ0) is 12.9. The van der Waals surface area contributed by atoms with E-state index in [1.165, 1.54) is 0 Å². The summed E-state index contributed by atoms with van der Waals surface area (Å²) in [6.07, 6.45) is 3.94. The Balaban J connectivity index is 2.30. The maximum absolute atomic E-state index is 6.18. The van der Waals surface area contributed by atoms with Crippen molar-refractivity contribution in [2.24, 2.45) is 7.05 Å². The van der Waals surface area contributed by atoms with E-state index in [0.717, 1.165) is 28.2 Å². The molecule has 3 heterocycles. The van der Waals surface area contributed by atoms with Crippen molar-refractivity contribution in [1.82, 2.24) is 19.2 Å². The number of anilines is 1. The minimum atomic E-state index is 0.657. The van der Waals surface area contributed by atoms with Gasteiger partial charge < -0.3 is 5.73 Å². The summed E-state index contributed by atoms with van der Waals surface area (Å²) in [7, 11) is 1.90. The molecular weight excluding hydrogens is 226 g/mol. The van der Waals surface area contributed by atoms with Gasteiger partial charge in [-0.2, -0.15) is 5.10 Å². The average Bonchev–Trinajstić information content (AvgIpc) is 2.80. The second-order valence-electron chi connectivity index (χ2n) is 4.58. The number of rotatable bonds is 1. The third kappa shape index (κ3) is 1.48. The summed E-state index contributed by atoms with van der Waals surface area (Å²) in [5.74, 6) is 0.657. The molecule has 92 valence electrons. The van der Waals surface area contributed by atoms with Crippen LogP contribution in [0.5, 0.6) is 0 Å². The molecule has 3 rings (SSSR count). The molecule has 0 aliphatic rings. The van der Waals surface area contributed by atoms with Crippen molar-refractivity contribution < 1.29 is 0 Å². The first kappa shape index (κ1) is 10.8. The first-order valence-electron chi connectivity index (χ1n) is 5.81. The van der Waals surface area contributed by atoms with Gasteiger partial charge in [0.25, 0.3) is 0 Å². The molecule has 0 bridgehead atoms. The quantitative estimate of drug-likeness (QED) is 0.708. The number of hydrogen-bond acceptors (Lipinski definition) is 3. The predicted molar refractivity (Wildman–Crippen MR) is 71.3 cm³/mol. The third-order valence-corrected chi connectivity index (χ3v) is 3.07. The van der Waals surface area contributed by atoms with Crippen LogP contribution in [-0.4, -0.2) is 19.2 Å². The SMILES string of the molecule is Cc1ccc2nc(-c3cn(C)nc3C)c(N)n2c1. The molecule has 0 amide bonds. The molecule has 0 fully saturated rings. The van der Waals surface area contributed by atoms with E-state index in [9.17, 15) is 0 Å². The number of pyridine rings is 1. The van der Waals surface area contributed by atoms with Crippen LogP contribution in [0.15, 0.2) is 24.5 Å². The normalized spacial score (nSPS) is 11.3. The van der Waals surface area contributed by atoms with Gasteiger partial charge in [0, 0.05) is 25.0 Å². The lowest BCUT2D eigenvalue weighted by Crippen LogP contribution is -1.94. The van der Waals surface area contributed by atoms with Crippen molar-refractivity contribution in [2.45, 2.75) is 13.8 Å². The van der Waals surface area contributed by atoms with Crippen LogP contribution in [-0.2, 0) is 7.05 Å². The van der Waals surface area contributed by atoms with E-state index >= 15 is 0 Å². The fourth-order valence-corrected chi connectivity index (χ4v) is 2.20. The third-order valence-electron chi connectivity index (χ3n) is 3.07. The highest BCUT2D eigenvalue weighted by molar-refractivity contribution is 5.75. The maximum atomic E-state index is 6.18. The molecule has 5 heteroatoms. The molecule has 0 spiro atoms. The van der Waals surface area contributed by atoms with E-state index in [1.54, 1.807) is 4.68 Å². The second-order valence-corrected chi connectivity index (χ2v) is 4.58. The Morgan fingerprint density at radius 2 is 1.94 bits per heavy atom. The van der Waals surface area contributed by atoms with Crippen LogP contribution in [0.3, 0.4) is 0 Å². The molecule has 0 atom stereocenters. The standard InChI is InChI=1S/C13H15N5/c1-8-4-5-11-15-12(13(14)18(11)6-8)10-7-17(3)16-9(10)2/h4-7H,14H2,1-3H3. The summed E-state index contributed by atoms with van der Waals surface area (Å²) >= 11 is 0. The van der Waals surface area contributed by atoms with E-state index in [2.05, 4.69) is 10.1 Å². The zero-order valence-electron chi connectivity index (χ0n) is 10.7. The van der Waals surface area contributed by atoms with Crippen LogP contribution in [0, 0.1) is 13.8 Å². The summed E-state index contributed by atoms with van der Waals surface area (Å²) in [5, 5.41) is 4.33. The fraction of sp³-hybridized carbons (Fsp3) is 0.231. The number of nitrogens with two attached hydrogens (primary N) is 1. The number of aromatic nitrogens is 4. The van der Waals surface area contributed by atoms with E-state index in [-0.39, 0.29) is 0 Å². The van der Waals surface area contributed by atoms with Crippen LogP contribution < -0.4 is 5.73 Å². The van der Waals surface area contributed by atoms with Crippen molar-refractivity contribution >= 4 is 11.5 Å². The lowest BCUT2D eigenvalue weighted by atomic mass is 10.2. The number of nitrogen functional groups attached to an aromatic ring is 1. The maximum Gasteiger partial charge on any atom is 0.139 e. The molecule has 0 radical (unpaired) electrons. The Bertz CT molecular complexity index is 735. The molecule has 0 saturated carbocycles. The second kappa shape index (κ2) is 3.60. The van der Waals surface area contributed by atoms with Gasteiger partial charge in [0.2, 0.25) is 0 Å². The van der Waals surface area contributed by atoms with Crippen molar-refractivity contribution in [1.29, 1.82) is 0 Å². The van der Waals surface area contributed by atoms with Gasteiger partial charge in [0.05, 0.1) is 5.69 Å². The van der Waals surface area contributed by atoms with Crippen LogP contribution in [0.25, 0.3) is 16.9 Å². The monoisotopic (exact) mass is 241 g/mol. The van der Waals surface area contributed by atoms with Gasteiger partial charge in [-0.3, -0.25) is 9.08 Å². The van der Waals surface area contributed by atoms with E-state index < -0.39 is 0 Å². The Labute approximate surface area is 105 Å². The molecule has 3 aromatic heterocycles. The van der Waals surface area contributed by atoms with Crippen molar-refractivity contribution in [2.75, 3.05) is 5.73 Å². The molecule has 3 aromatic rings. The number of fused-ring (bicyclic) bond motifs is 1. The fourth-order valence-electron chi connectivity index (χ4n) is 2.20. The van der Waals surface area contributed by atoms with Crippen molar-refractivity contribution in [3.05, 3.63) is 35.8 Å². The van der Waals surface area contributed by atoms with Crippen LogP contribution in [0.4, 0.5) is 5.82 Å². The molecular formula is C13H15N5. The minimum absolute atomic E-state index is 0.657. The van der Waals surface area contributed by atoms with Gasteiger partial charge in [0.1, 0.15) is 17.2 Å². The number of aryl methyl sites for hydroxylation is 3. The highest BCUT2D eigenvalue weighted by Gasteiger charge is 2.15. The van der Waals surface area contributed by atoms with E-state index in [4.69, 9.17) is 5.73 Å². The Morgan fingerprint density at radius 3 is 2.61 bits per heavy atom. The highest BCUT2D eigenvalue weighted by atomic mass is 15.3. The summed E-state index contributed by atoms with van der Waals surface area (Å²) in [5.41, 5.74) is 10.9. The molecule has 0 aliphatic carbocycles.